The van der Waals surface area contributed by atoms with Crippen LogP contribution in [0.5, 0.6) is 0 Å². The lowest BCUT2D eigenvalue weighted by Crippen LogP contribution is -2.24. The Morgan fingerprint density at radius 3 is 1.64 bits per heavy atom. The molecule has 22 heavy (non-hydrogen) atoms. The molecule has 0 saturated carbocycles. The first kappa shape index (κ1) is 14.6. The van der Waals surface area contributed by atoms with Crippen LogP contribution < -0.4 is 0 Å². The van der Waals surface area contributed by atoms with Crippen molar-refractivity contribution in [1.29, 1.82) is 0 Å². The van der Waals surface area contributed by atoms with Gasteiger partial charge in [0.05, 0.1) is 0 Å². The van der Waals surface area contributed by atoms with Gasteiger partial charge in [0, 0.05) is 11.1 Å². The second-order valence-corrected chi connectivity index (χ2v) is 6.03. The maximum Gasteiger partial charge on any atom is 0.536 e. The van der Waals surface area contributed by atoms with Crippen molar-refractivity contribution in [3.8, 4) is 11.1 Å². The van der Waals surface area contributed by atoms with Gasteiger partial charge in [-0.05, 0) is 11.1 Å². The minimum atomic E-state index is -5.78. The lowest BCUT2D eigenvalue weighted by molar-refractivity contribution is -0.0540. The van der Waals surface area contributed by atoms with Gasteiger partial charge in [-0.3, -0.25) is 4.28 Å². The summed E-state index contributed by atoms with van der Waals surface area (Å²) in [6.45, 7) is 0. The van der Waals surface area contributed by atoms with Crippen LogP contribution >= 0.6 is 0 Å². The summed E-state index contributed by atoms with van der Waals surface area (Å²) in [5, 5.41) is 3.25. The highest BCUT2D eigenvalue weighted by Gasteiger charge is 2.49. The minimum absolute atomic E-state index is 0.0547. The predicted molar refractivity (Wildman–Crippen MR) is 73.6 cm³/mol. The first-order chi connectivity index (χ1) is 10.3. The quantitative estimate of drug-likeness (QED) is 0.536. The fourth-order valence-electron chi connectivity index (χ4n) is 2.22. The van der Waals surface area contributed by atoms with E-state index in [0.29, 0.717) is 11.1 Å². The third kappa shape index (κ3) is 2.25. The molecule has 0 fully saturated rings. The van der Waals surface area contributed by atoms with Gasteiger partial charge in [-0.2, -0.15) is 21.6 Å². The van der Waals surface area contributed by atoms with Crippen molar-refractivity contribution in [1.82, 2.24) is 0 Å². The number of oxime groups is 1. The summed E-state index contributed by atoms with van der Waals surface area (Å²) in [6.07, 6.45) is 0. The fraction of sp³-hybridized carbons (Fsp3) is 0.0714. The van der Waals surface area contributed by atoms with E-state index in [-0.39, 0.29) is 5.71 Å². The van der Waals surface area contributed by atoms with E-state index >= 15 is 0 Å². The van der Waals surface area contributed by atoms with Crippen molar-refractivity contribution < 1.29 is 25.9 Å². The Morgan fingerprint density at radius 2 is 1.23 bits per heavy atom. The zero-order valence-electron chi connectivity index (χ0n) is 10.8. The Kier molecular flexibility index (Phi) is 3.21. The van der Waals surface area contributed by atoms with Crippen LogP contribution in [-0.4, -0.2) is 19.6 Å². The SMILES string of the molecule is O=S(=O)(ON=C1c2ccccc2-c2ccccc21)C(F)(F)F. The molecule has 114 valence electrons. The van der Waals surface area contributed by atoms with Crippen molar-refractivity contribution in [2.24, 2.45) is 5.16 Å². The summed E-state index contributed by atoms with van der Waals surface area (Å²) in [4.78, 5) is 0. The van der Waals surface area contributed by atoms with Crippen LogP contribution in [0.2, 0.25) is 0 Å². The van der Waals surface area contributed by atoms with E-state index < -0.39 is 15.6 Å². The summed E-state index contributed by atoms with van der Waals surface area (Å²) in [5.41, 5.74) is -2.93. The molecule has 0 amide bonds. The van der Waals surface area contributed by atoms with Gasteiger partial charge in [0.1, 0.15) is 5.71 Å². The molecule has 0 saturated heterocycles. The van der Waals surface area contributed by atoms with Crippen LogP contribution in [0.15, 0.2) is 53.7 Å². The predicted octanol–water partition coefficient (Wildman–Crippen LogP) is 3.29. The highest BCUT2D eigenvalue weighted by atomic mass is 32.2. The molecule has 0 aromatic heterocycles. The Hall–Kier alpha value is -2.35. The number of fused-ring (bicyclic) bond motifs is 3. The van der Waals surface area contributed by atoms with E-state index in [4.69, 9.17) is 0 Å². The third-order valence-corrected chi connectivity index (χ3v) is 4.00. The van der Waals surface area contributed by atoms with Crippen LogP contribution in [0.1, 0.15) is 11.1 Å². The summed E-state index contributed by atoms with van der Waals surface area (Å²) in [6, 6.07) is 13.7. The number of alkyl halides is 3. The molecule has 0 spiro atoms. The van der Waals surface area contributed by atoms with Crippen LogP contribution in [-0.2, 0) is 14.4 Å². The average molecular weight is 327 g/mol. The van der Waals surface area contributed by atoms with Gasteiger partial charge in [0.15, 0.2) is 0 Å². The number of benzene rings is 2. The molecule has 2 aromatic rings. The van der Waals surface area contributed by atoms with Gasteiger partial charge in [-0.15, -0.1) is 0 Å². The van der Waals surface area contributed by atoms with Gasteiger partial charge in [-0.25, -0.2) is 0 Å². The van der Waals surface area contributed by atoms with Gasteiger partial charge in [0.25, 0.3) is 0 Å². The molecule has 0 atom stereocenters. The number of halogens is 3. The van der Waals surface area contributed by atoms with Crippen LogP contribution in [0.3, 0.4) is 0 Å². The Morgan fingerprint density at radius 1 is 0.818 bits per heavy atom. The van der Waals surface area contributed by atoms with Gasteiger partial charge < -0.3 is 0 Å². The normalized spacial score (nSPS) is 13.5. The topological polar surface area (TPSA) is 55.7 Å². The third-order valence-electron chi connectivity index (χ3n) is 3.16. The van der Waals surface area contributed by atoms with Gasteiger partial charge >= 0.3 is 15.6 Å². The van der Waals surface area contributed by atoms with E-state index in [1.807, 2.05) is 0 Å². The van der Waals surface area contributed by atoms with Crippen LogP contribution in [0.25, 0.3) is 11.1 Å². The first-order valence-corrected chi connectivity index (χ1v) is 7.49. The van der Waals surface area contributed by atoms with Crippen molar-refractivity contribution in [2.45, 2.75) is 5.51 Å². The van der Waals surface area contributed by atoms with E-state index in [1.54, 1.807) is 48.5 Å². The molecule has 0 radical (unpaired) electrons. The largest absolute Gasteiger partial charge is 0.536 e. The lowest BCUT2D eigenvalue weighted by Gasteiger charge is -2.06. The summed E-state index contributed by atoms with van der Waals surface area (Å²) in [7, 11) is -5.78. The van der Waals surface area contributed by atoms with E-state index in [2.05, 4.69) is 9.44 Å². The van der Waals surface area contributed by atoms with Crippen molar-refractivity contribution in [3.63, 3.8) is 0 Å². The van der Waals surface area contributed by atoms with Crippen LogP contribution in [0, 0.1) is 0 Å². The molecule has 3 rings (SSSR count). The van der Waals surface area contributed by atoms with E-state index in [1.165, 1.54) is 0 Å². The molecular weight excluding hydrogens is 319 g/mol. The Balaban J connectivity index is 2.10. The molecular formula is C14H8F3NO3S. The smallest absolute Gasteiger partial charge is 0.261 e. The maximum absolute atomic E-state index is 12.3. The van der Waals surface area contributed by atoms with Crippen molar-refractivity contribution in [3.05, 3.63) is 59.7 Å². The highest BCUT2D eigenvalue weighted by Crippen LogP contribution is 2.37. The zero-order chi connectivity index (χ0) is 16.0. The lowest BCUT2D eigenvalue weighted by atomic mass is 10.1. The highest BCUT2D eigenvalue weighted by molar-refractivity contribution is 7.87. The average Bonchev–Trinajstić information content (AvgIpc) is 2.78. The van der Waals surface area contributed by atoms with Crippen molar-refractivity contribution in [2.75, 3.05) is 0 Å². The zero-order valence-corrected chi connectivity index (χ0v) is 11.6. The standard InChI is InChI=1S/C14H8F3NO3S/c15-14(16,17)22(19,20)21-18-13-11-7-3-1-5-9(11)10-6-2-4-8-12(10)13/h1-8H. The molecule has 0 heterocycles. The Labute approximate surface area is 124 Å². The number of hydrogen-bond acceptors (Lipinski definition) is 4. The van der Waals surface area contributed by atoms with E-state index in [0.717, 1.165) is 11.1 Å². The van der Waals surface area contributed by atoms with Crippen molar-refractivity contribution >= 4 is 15.8 Å². The molecule has 0 aliphatic heterocycles. The molecule has 0 N–H and O–H groups in total. The molecule has 0 unspecified atom stereocenters. The number of rotatable bonds is 2. The molecule has 8 heteroatoms. The molecule has 1 aliphatic rings. The van der Waals surface area contributed by atoms with Gasteiger partial charge in [-0.1, -0.05) is 53.7 Å². The van der Waals surface area contributed by atoms with E-state index in [9.17, 15) is 21.6 Å². The van der Waals surface area contributed by atoms with Crippen LogP contribution in [0.4, 0.5) is 13.2 Å². The summed E-state index contributed by atoms with van der Waals surface area (Å²) < 4.78 is 62.7. The first-order valence-electron chi connectivity index (χ1n) is 6.08. The molecule has 4 nitrogen and oxygen atoms in total. The number of nitrogens with zero attached hydrogens (tertiary/aromatic N) is 1. The molecule has 1 aliphatic carbocycles. The second kappa shape index (κ2) is 4.84. The van der Waals surface area contributed by atoms with Gasteiger partial charge in [0.2, 0.25) is 0 Å². The second-order valence-electron chi connectivity index (χ2n) is 4.51. The summed E-state index contributed by atoms with van der Waals surface area (Å²) >= 11 is 0. The molecule has 2 aromatic carbocycles. The maximum atomic E-state index is 12.3. The Bertz CT molecular complexity index is 825. The molecule has 0 bridgehead atoms. The minimum Gasteiger partial charge on any atom is -0.261 e. The number of hydrogen-bond donors (Lipinski definition) is 0. The fourth-order valence-corrected chi connectivity index (χ4v) is 2.48. The monoisotopic (exact) mass is 327 g/mol. The summed E-state index contributed by atoms with van der Waals surface area (Å²) in [5.74, 6) is 0.